The summed E-state index contributed by atoms with van der Waals surface area (Å²) in [5.74, 6) is 2.03. The molecule has 4 N–H and O–H groups in total. The molecule has 1 heterocycles. The van der Waals surface area contributed by atoms with Crippen LogP contribution in [0.2, 0.25) is 0 Å². The molecule has 10 nitrogen and oxygen atoms in total. The van der Waals surface area contributed by atoms with E-state index in [9.17, 15) is 14.7 Å². The fraction of sp³-hybridized carbons (Fsp3) is 0.600. The molecule has 0 aromatic heterocycles. The van der Waals surface area contributed by atoms with Crippen LogP contribution in [0.5, 0.6) is 5.75 Å². The van der Waals surface area contributed by atoms with Gasteiger partial charge in [-0.05, 0) is 105 Å². The summed E-state index contributed by atoms with van der Waals surface area (Å²) < 4.78 is 12.4. The maximum atomic E-state index is 11.7. The van der Waals surface area contributed by atoms with Crippen LogP contribution in [-0.2, 0) is 36.5 Å². The summed E-state index contributed by atoms with van der Waals surface area (Å²) in [7, 11) is 1.72. The number of rotatable bonds is 14. The van der Waals surface area contributed by atoms with Crippen LogP contribution >= 0.6 is 0 Å². The third-order valence-corrected chi connectivity index (χ3v) is 10.4. The van der Waals surface area contributed by atoms with E-state index >= 15 is 0 Å². The Morgan fingerprint density at radius 2 is 1.67 bits per heavy atom. The van der Waals surface area contributed by atoms with Crippen LogP contribution < -0.4 is 20.7 Å². The van der Waals surface area contributed by atoms with Crippen molar-refractivity contribution in [1.29, 1.82) is 0 Å². The second-order valence-corrected chi connectivity index (χ2v) is 13.5. The normalized spacial score (nSPS) is 30.8. The largest absolute Gasteiger partial charge is 0.489 e. The molecule has 2 aromatic carbocycles. The number of anilines is 1. The molecule has 2 amide bonds. The van der Waals surface area contributed by atoms with Crippen LogP contribution in [0.1, 0.15) is 76.3 Å². The SMILES string of the molecule is COC1(c2cccc(OCc3ccc(NC(O)C(CCCCNC(C)=O)NC(C)=O)cc3)c2)OOC12C1CC3CC(C1)CC2C3. The minimum Gasteiger partial charge on any atom is -0.489 e. The molecule has 4 bridgehead atoms. The Morgan fingerprint density at radius 3 is 2.27 bits per heavy atom. The number of carbonyl (C=O) groups excluding carboxylic acids is 2. The van der Waals surface area contributed by atoms with Gasteiger partial charge < -0.3 is 30.5 Å². The Labute approximate surface area is 265 Å². The molecule has 7 rings (SSSR count). The first-order chi connectivity index (χ1) is 21.7. The Hall–Kier alpha value is -3.18. The van der Waals surface area contributed by atoms with Gasteiger partial charge in [-0.15, -0.1) is 0 Å². The molecule has 1 aliphatic heterocycles. The molecule has 4 saturated carbocycles. The maximum absolute atomic E-state index is 11.7. The van der Waals surface area contributed by atoms with Gasteiger partial charge in [-0.25, -0.2) is 4.89 Å². The molecule has 3 unspecified atom stereocenters. The Bertz CT molecular complexity index is 1320. The van der Waals surface area contributed by atoms with Gasteiger partial charge >= 0.3 is 0 Å². The van der Waals surface area contributed by atoms with Gasteiger partial charge in [-0.2, -0.15) is 4.89 Å². The zero-order valence-corrected chi connectivity index (χ0v) is 26.6. The number of unbranched alkanes of at least 4 members (excludes halogenated alkanes) is 1. The molecular formula is C35H47N3O7. The molecule has 5 aliphatic rings. The van der Waals surface area contributed by atoms with Crippen molar-refractivity contribution in [3.63, 3.8) is 0 Å². The van der Waals surface area contributed by atoms with Crippen molar-refractivity contribution in [3.8, 4) is 5.75 Å². The summed E-state index contributed by atoms with van der Waals surface area (Å²) in [5, 5.41) is 19.5. The number of aliphatic hydroxyl groups excluding tert-OH is 1. The van der Waals surface area contributed by atoms with Crippen LogP contribution in [-0.4, -0.2) is 48.4 Å². The number of ether oxygens (including phenoxy) is 2. The molecule has 4 aliphatic carbocycles. The highest BCUT2D eigenvalue weighted by molar-refractivity contribution is 5.73. The summed E-state index contributed by atoms with van der Waals surface area (Å²) in [6, 6.07) is 15.2. The van der Waals surface area contributed by atoms with E-state index in [1.54, 1.807) is 7.11 Å². The summed E-state index contributed by atoms with van der Waals surface area (Å²) in [6.45, 7) is 3.85. The zero-order valence-electron chi connectivity index (χ0n) is 26.6. The Kier molecular flexibility index (Phi) is 9.38. The van der Waals surface area contributed by atoms with E-state index in [0.717, 1.165) is 47.2 Å². The molecule has 1 saturated heterocycles. The highest BCUT2D eigenvalue weighted by Crippen LogP contribution is 2.69. The average Bonchev–Trinajstić information content (AvgIpc) is 2.99. The van der Waals surface area contributed by atoms with E-state index in [-0.39, 0.29) is 11.8 Å². The summed E-state index contributed by atoms with van der Waals surface area (Å²) >= 11 is 0. The van der Waals surface area contributed by atoms with Crippen molar-refractivity contribution in [1.82, 2.24) is 10.6 Å². The zero-order chi connectivity index (χ0) is 31.6. The summed E-state index contributed by atoms with van der Waals surface area (Å²) in [4.78, 5) is 34.8. The number of hydrogen-bond acceptors (Lipinski definition) is 8. The number of hydrogen-bond donors (Lipinski definition) is 4. The lowest BCUT2D eigenvalue weighted by Crippen LogP contribution is -2.76. The van der Waals surface area contributed by atoms with Crippen molar-refractivity contribution in [2.75, 3.05) is 19.0 Å². The van der Waals surface area contributed by atoms with Crippen LogP contribution in [0.15, 0.2) is 48.5 Å². The predicted octanol–water partition coefficient (Wildman–Crippen LogP) is 4.76. The maximum Gasteiger partial charge on any atom is 0.260 e. The second kappa shape index (κ2) is 13.3. The van der Waals surface area contributed by atoms with Gasteiger partial charge in [-0.3, -0.25) is 9.59 Å². The van der Waals surface area contributed by atoms with Crippen LogP contribution in [0.4, 0.5) is 5.69 Å². The molecule has 10 heteroatoms. The molecule has 3 atom stereocenters. The molecule has 45 heavy (non-hydrogen) atoms. The van der Waals surface area contributed by atoms with E-state index in [0.29, 0.717) is 31.4 Å². The summed E-state index contributed by atoms with van der Waals surface area (Å²) in [5.41, 5.74) is 2.19. The van der Waals surface area contributed by atoms with E-state index in [4.69, 9.17) is 19.2 Å². The first-order valence-electron chi connectivity index (χ1n) is 16.4. The number of nitrogens with one attached hydrogen (secondary N) is 3. The van der Waals surface area contributed by atoms with Gasteiger partial charge in [-0.1, -0.05) is 24.3 Å². The fourth-order valence-corrected chi connectivity index (χ4v) is 8.61. The quantitative estimate of drug-likeness (QED) is 0.135. The topological polar surface area (TPSA) is 127 Å². The Morgan fingerprint density at radius 1 is 0.956 bits per heavy atom. The standard InChI is InChI=1S/C35H47N3O7/c1-22(39)36-14-5-4-9-32(37-23(2)40)33(41)38-30-12-10-24(11-13-30)21-43-31-8-6-7-27(20-31)35(42-3)34(44-45-35)28-16-25-15-26(18-28)19-29(34)17-25/h6-8,10-13,20,25-26,28-29,32-33,38,41H,4-5,9,14-19,21H2,1-3H3,(H,36,39)(H,37,40). The number of carbonyl (C=O) groups is 2. The number of benzene rings is 2. The smallest absolute Gasteiger partial charge is 0.260 e. The fourth-order valence-electron chi connectivity index (χ4n) is 8.61. The van der Waals surface area contributed by atoms with Gasteiger partial charge in [0.15, 0.2) is 5.60 Å². The van der Waals surface area contributed by atoms with E-state index < -0.39 is 23.7 Å². The first-order valence-corrected chi connectivity index (χ1v) is 16.4. The van der Waals surface area contributed by atoms with Crippen LogP contribution in [0.25, 0.3) is 0 Å². The van der Waals surface area contributed by atoms with Gasteiger partial charge in [0.05, 0.1) is 6.04 Å². The molecule has 2 aromatic rings. The van der Waals surface area contributed by atoms with Crippen molar-refractivity contribution < 1.29 is 33.9 Å². The lowest BCUT2D eigenvalue weighted by atomic mass is 9.47. The third-order valence-electron chi connectivity index (χ3n) is 10.4. The highest BCUT2D eigenvalue weighted by atomic mass is 17.3. The van der Waals surface area contributed by atoms with Crippen molar-refractivity contribution in [3.05, 3.63) is 59.7 Å². The lowest BCUT2D eigenvalue weighted by molar-refractivity contribution is -0.645. The van der Waals surface area contributed by atoms with Gasteiger partial charge in [0.1, 0.15) is 18.6 Å². The highest BCUT2D eigenvalue weighted by Gasteiger charge is 2.76. The summed E-state index contributed by atoms with van der Waals surface area (Å²) in [6.07, 6.45) is 7.23. The van der Waals surface area contributed by atoms with Crippen LogP contribution in [0, 0.1) is 23.7 Å². The average molecular weight is 622 g/mol. The van der Waals surface area contributed by atoms with Crippen molar-refractivity contribution in [2.45, 2.75) is 95.5 Å². The van der Waals surface area contributed by atoms with Crippen molar-refractivity contribution in [2.24, 2.45) is 23.7 Å². The van der Waals surface area contributed by atoms with Crippen LogP contribution in [0.3, 0.4) is 0 Å². The van der Waals surface area contributed by atoms with Gasteiger partial charge in [0.25, 0.3) is 5.79 Å². The van der Waals surface area contributed by atoms with E-state index in [2.05, 4.69) is 22.0 Å². The number of amides is 2. The number of methoxy groups -OCH3 is 1. The third kappa shape index (κ3) is 6.30. The lowest BCUT2D eigenvalue weighted by Gasteiger charge is -2.68. The van der Waals surface area contributed by atoms with Gasteiger partial charge in [0.2, 0.25) is 11.8 Å². The molecule has 0 radical (unpaired) electrons. The van der Waals surface area contributed by atoms with E-state index in [1.807, 2.05) is 42.5 Å². The Balaban J connectivity index is 1.05. The molecule has 244 valence electrons. The first kappa shape index (κ1) is 31.8. The molecule has 1 spiro atoms. The van der Waals surface area contributed by atoms with E-state index in [1.165, 1.54) is 46.0 Å². The molecule has 5 fully saturated rings. The minimum atomic E-state index is -0.969. The minimum absolute atomic E-state index is 0.0687. The second-order valence-electron chi connectivity index (χ2n) is 13.5. The molecular weight excluding hydrogens is 574 g/mol. The van der Waals surface area contributed by atoms with Gasteiger partial charge in [0, 0.05) is 38.8 Å². The number of aliphatic hydroxyl groups is 1. The monoisotopic (exact) mass is 621 g/mol. The predicted molar refractivity (Wildman–Crippen MR) is 168 cm³/mol. The van der Waals surface area contributed by atoms with Crippen molar-refractivity contribution >= 4 is 17.5 Å².